The quantitative estimate of drug-likeness (QED) is 0.628. The van der Waals surface area contributed by atoms with Gasteiger partial charge in [0.05, 0.1) is 11.6 Å². The van der Waals surface area contributed by atoms with Crippen LogP contribution in [-0.2, 0) is 0 Å². The van der Waals surface area contributed by atoms with E-state index in [9.17, 15) is 0 Å². The predicted molar refractivity (Wildman–Crippen MR) is 88.4 cm³/mol. The molecule has 3 rings (SSSR count). The molecule has 2 aromatic carbocycles. The fourth-order valence-electron chi connectivity index (χ4n) is 2.53. The van der Waals surface area contributed by atoms with Crippen LogP contribution in [-0.4, -0.2) is 0 Å². The van der Waals surface area contributed by atoms with Gasteiger partial charge >= 0.3 is 0 Å². The van der Waals surface area contributed by atoms with Gasteiger partial charge in [-0.3, -0.25) is 0 Å². The largest absolute Gasteiger partial charge is 0.460 e. The Bertz CT molecular complexity index is 805. The second-order valence-corrected chi connectivity index (χ2v) is 5.60. The Kier molecular flexibility index (Phi) is 3.80. The summed E-state index contributed by atoms with van der Waals surface area (Å²) >= 11 is 0. The van der Waals surface area contributed by atoms with Crippen molar-refractivity contribution in [3.63, 3.8) is 0 Å². The number of hydrogen-bond acceptors (Lipinski definition) is 2. The first-order valence-electron chi connectivity index (χ1n) is 7.38. The van der Waals surface area contributed by atoms with Crippen LogP contribution >= 0.6 is 0 Å². The number of rotatable bonds is 3. The molecule has 0 fully saturated rings. The van der Waals surface area contributed by atoms with Crippen LogP contribution in [0, 0.1) is 11.3 Å². The van der Waals surface area contributed by atoms with Crippen molar-refractivity contribution >= 4 is 0 Å². The van der Waals surface area contributed by atoms with Gasteiger partial charge in [0.1, 0.15) is 11.5 Å². The lowest BCUT2D eigenvalue weighted by Gasteiger charge is -2.05. The average molecular weight is 287 g/mol. The third-order valence-electron chi connectivity index (χ3n) is 3.67. The van der Waals surface area contributed by atoms with Crippen LogP contribution in [0.1, 0.15) is 31.1 Å². The van der Waals surface area contributed by atoms with Gasteiger partial charge in [-0.1, -0.05) is 56.3 Å². The smallest absolute Gasteiger partial charge is 0.134 e. The number of nitriles is 1. The Morgan fingerprint density at radius 2 is 1.59 bits per heavy atom. The summed E-state index contributed by atoms with van der Waals surface area (Å²) in [7, 11) is 0. The molecule has 108 valence electrons. The molecule has 1 heterocycles. The van der Waals surface area contributed by atoms with Crippen LogP contribution < -0.4 is 0 Å². The lowest BCUT2D eigenvalue weighted by Crippen LogP contribution is -1.87. The zero-order valence-electron chi connectivity index (χ0n) is 12.7. The van der Waals surface area contributed by atoms with E-state index in [-0.39, 0.29) is 0 Å². The molecule has 0 aliphatic rings. The summed E-state index contributed by atoms with van der Waals surface area (Å²) in [6, 6.07) is 22.0. The minimum atomic E-state index is 0.295. The normalized spacial score (nSPS) is 10.6. The summed E-state index contributed by atoms with van der Waals surface area (Å²) < 4.78 is 6.11. The minimum Gasteiger partial charge on any atom is -0.460 e. The molecule has 0 bridgehead atoms. The highest BCUT2D eigenvalue weighted by atomic mass is 16.3. The molecule has 22 heavy (non-hydrogen) atoms. The first-order chi connectivity index (χ1) is 10.7. The Hall–Kier alpha value is -2.79. The molecule has 0 unspecified atom stereocenters. The lowest BCUT2D eigenvalue weighted by atomic mass is 9.99. The van der Waals surface area contributed by atoms with Crippen molar-refractivity contribution in [1.29, 1.82) is 5.26 Å². The van der Waals surface area contributed by atoms with Gasteiger partial charge in [-0.05, 0) is 23.8 Å². The van der Waals surface area contributed by atoms with E-state index >= 15 is 0 Å². The van der Waals surface area contributed by atoms with Gasteiger partial charge in [-0.25, -0.2) is 0 Å². The van der Waals surface area contributed by atoms with Crippen molar-refractivity contribution in [2.75, 3.05) is 0 Å². The standard InChI is InChI=1S/C20H17NO/c1-14(2)20-18(16-10-8-15(13-21)9-11-16)12-19(22-20)17-6-4-3-5-7-17/h3-12,14H,1-2H3. The second kappa shape index (κ2) is 5.91. The number of nitrogens with zero attached hydrogens (tertiary/aromatic N) is 1. The maximum Gasteiger partial charge on any atom is 0.134 e. The maximum absolute atomic E-state index is 8.93. The van der Waals surface area contributed by atoms with Crippen LogP contribution in [0.3, 0.4) is 0 Å². The zero-order chi connectivity index (χ0) is 15.5. The van der Waals surface area contributed by atoms with Gasteiger partial charge in [0.2, 0.25) is 0 Å². The maximum atomic E-state index is 8.93. The molecule has 0 aliphatic carbocycles. The lowest BCUT2D eigenvalue weighted by molar-refractivity contribution is 0.500. The molecule has 0 saturated heterocycles. The van der Waals surface area contributed by atoms with E-state index in [4.69, 9.17) is 9.68 Å². The van der Waals surface area contributed by atoms with Gasteiger partial charge in [-0.15, -0.1) is 0 Å². The minimum absolute atomic E-state index is 0.295. The molecule has 0 aliphatic heterocycles. The molecular formula is C20H17NO. The second-order valence-electron chi connectivity index (χ2n) is 5.60. The van der Waals surface area contributed by atoms with Crippen molar-refractivity contribution in [3.05, 3.63) is 72.0 Å². The third kappa shape index (κ3) is 2.66. The highest BCUT2D eigenvalue weighted by molar-refractivity contribution is 5.73. The van der Waals surface area contributed by atoms with Crippen LogP contribution in [0.5, 0.6) is 0 Å². The van der Waals surface area contributed by atoms with Crippen molar-refractivity contribution < 1.29 is 4.42 Å². The first kappa shape index (κ1) is 14.2. The average Bonchev–Trinajstić information content (AvgIpc) is 3.01. The predicted octanol–water partition coefficient (Wildman–Crippen LogP) is 5.61. The molecule has 3 aromatic rings. The van der Waals surface area contributed by atoms with E-state index in [0.717, 1.165) is 28.2 Å². The van der Waals surface area contributed by atoms with Crippen LogP contribution in [0.25, 0.3) is 22.5 Å². The molecule has 2 nitrogen and oxygen atoms in total. The van der Waals surface area contributed by atoms with Crippen molar-refractivity contribution in [3.8, 4) is 28.5 Å². The summed E-state index contributed by atoms with van der Waals surface area (Å²) in [5.41, 5.74) is 3.91. The molecule has 0 amide bonds. The number of hydrogen-bond donors (Lipinski definition) is 0. The zero-order valence-corrected chi connectivity index (χ0v) is 12.7. The monoisotopic (exact) mass is 287 g/mol. The van der Waals surface area contributed by atoms with E-state index in [1.165, 1.54) is 0 Å². The summed E-state index contributed by atoms with van der Waals surface area (Å²) in [5.74, 6) is 2.15. The Balaban J connectivity index is 2.10. The summed E-state index contributed by atoms with van der Waals surface area (Å²) in [4.78, 5) is 0. The van der Waals surface area contributed by atoms with Crippen molar-refractivity contribution in [2.24, 2.45) is 0 Å². The van der Waals surface area contributed by atoms with Crippen LogP contribution in [0.2, 0.25) is 0 Å². The molecule has 0 spiro atoms. The van der Waals surface area contributed by atoms with E-state index in [1.807, 2.05) is 54.6 Å². The fraction of sp³-hybridized carbons (Fsp3) is 0.150. The van der Waals surface area contributed by atoms with Gasteiger partial charge in [0.15, 0.2) is 0 Å². The van der Waals surface area contributed by atoms with Gasteiger partial charge in [0, 0.05) is 17.0 Å². The third-order valence-corrected chi connectivity index (χ3v) is 3.67. The van der Waals surface area contributed by atoms with E-state index < -0.39 is 0 Å². The van der Waals surface area contributed by atoms with Gasteiger partial charge in [-0.2, -0.15) is 5.26 Å². The number of benzene rings is 2. The SMILES string of the molecule is CC(C)c1oc(-c2ccccc2)cc1-c1ccc(C#N)cc1. The highest BCUT2D eigenvalue weighted by Crippen LogP contribution is 2.36. The van der Waals surface area contributed by atoms with Crippen LogP contribution in [0.4, 0.5) is 0 Å². The summed E-state index contributed by atoms with van der Waals surface area (Å²) in [5, 5.41) is 8.93. The van der Waals surface area contributed by atoms with Gasteiger partial charge < -0.3 is 4.42 Å². The first-order valence-corrected chi connectivity index (χ1v) is 7.38. The summed E-state index contributed by atoms with van der Waals surface area (Å²) in [6.45, 7) is 4.25. The molecule has 1 aromatic heterocycles. The fourth-order valence-corrected chi connectivity index (χ4v) is 2.53. The van der Waals surface area contributed by atoms with Crippen molar-refractivity contribution in [1.82, 2.24) is 0 Å². The number of furan rings is 1. The summed E-state index contributed by atoms with van der Waals surface area (Å²) in [6.07, 6.45) is 0. The Morgan fingerprint density at radius 3 is 2.18 bits per heavy atom. The Morgan fingerprint density at radius 1 is 0.909 bits per heavy atom. The van der Waals surface area contributed by atoms with E-state index in [2.05, 4.69) is 26.0 Å². The highest BCUT2D eigenvalue weighted by Gasteiger charge is 2.16. The Labute approximate surface area is 130 Å². The van der Waals surface area contributed by atoms with E-state index in [0.29, 0.717) is 11.5 Å². The van der Waals surface area contributed by atoms with Gasteiger partial charge in [0.25, 0.3) is 0 Å². The van der Waals surface area contributed by atoms with Crippen LogP contribution in [0.15, 0.2) is 65.1 Å². The van der Waals surface area contributed by atoms with E-state index in [1.54, 1.807) is 0 Å². The molecular weight excluding hydrogens is 270 g/mol. The topological polar surface area (TPSA) is 36.9 Å². The molecule has 2 heteroatoms. The molecule has 0 radical (unpaired) electrons. The molecule has 0 N–H and O–H groups in total. The van der Waals surface area contributed by atoms with Crippen molar-refractivity contribution in [2.45, 2.75) is 19.8 Å². The molecule has 0 atom stereocenters. The molecule has 0 saturated carbocycles.